The molecule has 1 heterocycles. The molecule has 0 unspecified atom stereocenters. The van der Waals surface area contributed by atoms with Crippen LogP contribution in [0.15, 0.2) is 39.8 Å². The van der Waals surface area contributed by atoms with Crippen LogP contribution in [0.25, 0.3) is 0 Å². The van der Waals surface area contributed by atoms with Crippen molar-refractivity contribution in [3.8, 4) is 0 Å². The summed E-state index contributed by atoms with van der Waals surface area (Å²) < 4.78 is 36.3. The van der Waals surface area contributed by atoms with Crippen molar-refractivity contribution in [3.63, 3.8) is 0 Å². The van der Waals surface area contributed by atoms with E-state index >= 15 is 0 Å². The van der Waals surface area contributed by atoms with E-state index in [1.807, 2.05) is 0 Å². The molecule has 0 radical (unpaired) electrons. The van der Waals surface area contributed by atoms with Gasteiger partial charge in [0.05, 0.1) is 0 Å². The van der Waals surface area contributed by atoms with E-state index in [9.17, 15) is 18.0 Å². The van der Waals surface area contributed by atoms with Gasteiger partial charge in [0.15, 0.2) is 11.9 Å². The number of nitrogens with one attached hydrogen (secondary N) is 2. The topological polar surface area (TPSA) is 128 Å². The molecule has 2 aromatic rings. The van der Waals surface area contributed by atoms with Crippen LogP contribution < -0.4 is 10.0 Å². The predicted molar refractivity (Wildman–Crippen MR) is 91.8 cm³/mol. The predicted octanol–water partition coefficient (Wildman–Crippen LogP) is 1.14. The Morgan fingerprint density at radius 2 is 1.88 bits per heavy atom. The van der Waals surface area contributed by atoms with Gasteiger partial charge in [-0.25, -0.2) is 8.42 Å². The van der Waals surface area contributed by atoms with Crippen LogP contribution in [0, 0.1) is 13.8 Å². The fourth-order valence-corrected chi connectivity index (χ4v) is 3.44. The Bertz CT molecular complexity index is 872. The molecule has 140 valence electrons. The summed E-state index contributed by atoms with van der Waals surface area (Å²) in [5.41, 5.74) is 0.735. The summed E-state index contributed by atoms with van der Waals surface area (Å²) in [5, 5.41) is 6.14. The number of esters is 1. The molecule has 0 saturated heterocycles. The fraction of sp³-hybridized carbons (Fsp3) is 0.312. The minimum atomic E-state index is -3.99. The number of sulfonamides is 1. The summed E-state index contributed by atoms with van der Waals surface area (Å²) >= 11 is 0. The van der Waals surface area contributed by atoms with Crippen LogP contribution in [0.4, 0.5) is 5.69 Å². The smallest absolute Gasteiger partial charge is 0.321 e. The molecule has 0 saturated carbocycles. The molecule has 0 aliphatic rings. The lowest BCUT2D eigenvalue weighted by molar-refractivity contribution is -0.151. The third-order valence-corrected chi connectivity index (χ3v) is 5.01. The van der Waals surface area contributed by atoms with Gasteiger partial charge in [0, 0.05) is 5.69 Å². The highest BCUT2D eigenvalue weighted by Crippen LogP contribution is 2.18. The molecule has 26 heavy (non-hydrogen) atoms. The number of rotatable bonds is 7. The number of carbonyl (C=O) groups excluding carboxylic acids is 2. The third kappa shape index (κ3) is 4.90. The van der Waals surface area contributed by atoms with Crippen LogP contribution in [0.1, 0.15) is 18.4 Å². The van der Waals surface area contributed by atoms with E-state index in [0.717, 1.165) is 0 Å². The number of hydrogen-bond donors (Lipinski definition) is 2. The van der Waals surface area contributed by atoms with Gasteiger partial charge in [-0.1, -0.05) is 23.4 Å². The molecule has 1 aromatic carbocycles. The zero-order chi connectivity index (χ0) is 19.3. The van der Waals surface area contributed by atoms with E-state index < -0.39 is 34.5 Å². The van der Waals surface area contributed by atoms with Crippen LogP contribution in [0.3, 0.4) is 0 Å². The van der Waals surface area contributed by atoms with E-state index in [2.05, 4.69) is 15.2 Å². The molecule has 10 heteroatoms. The highest BCUT2D eigenvalue weighted by Gasteiger charge is 2.26. The maximum absolute atomic E-state index is 12.2. The third-order valence-electron chi connectivity index (χ3n) is 3.36. The zero-order valence-corrected chi connectivity index (χ0v) is 15.3. The van der Waals surface area contributed by atoms with Crippen LogP contribution >= 0.6 is 0 Å². The van der Waals surface area contributed by atoms with E-state index in [1.165, 1.54) is 20.8 Å². The summed E-state index contributed by atoms with van der Waals surface area (Å²) in [6, 6.07) is 8.66. The Morgan fingerprint density at radius 1 is 1.23 bits per heavy atom. The number of anilines is 1. The first-order valence-electron chi connectivity index (χ1n) is 7.68. The van der Waals surface area contributed by atoms with Crippen molar-refractivity contribution < 1.29 is 27.3 Å². The summed E-state index contributed by atoms with van der Waals surface area (Å²) in [4.78, 5) is 23.7. The molecule has 0 aliphatic carbocycles. The maximum atomic E-state index is 12.2. The number of aryl methyl sites for hydroxylation is 2. The molecule has 1 atom stereocenters. The zero-order valence-electron chi connectivity index (χ0n) is 14.5. The first kappa shape index (κ1) is 19.6. The first-order valence-corrected chi connectivity index (χ1v) is 9.17. The molecule has 1 amide bonds. The van der Waals surface area contributed by atoms with Gasteiger partial charge >= 0.3 is 5.97 Å². The molecule has 9 nitrogen and oxygen atoms in total. The maximum Gasteiger partial charge on any atom is 0.321 e. The normalized spacial score (nSPS) is 12.4. The second-order valence-electron chi connectivity index (χ2n) is 5.47. The molecule has 1 aromatic heterocycles. The van der Waals surface area contributed by atoms with Gasteiger partial charge in [-0.3, -0.25) is 9.59 Å². The average molecular weight is 381 g/mol. The quantitative estimate of drug-likeness (QED) is 0.688. The van der Waals surface area contributed by atoms with E-state index in [0.29, 0.717) is 5.69 Å². The Kier molecular flexibility index (Phi) is 6.11. The number of ether oxygens (including phenoxy) is 1. The van der Waals surface area contributed by atoms with Gasteiger partial charge in [-0.05, 0) is 32.9 Å². The molecule has 2 rings (SSSR count). The van der Waals surface area contributed by atoms with Crippen molar-refractivity contribution in [2.24, 2.45) is 0 Å². The number of hydrogen-bond acceptors (Lipinski definition) is 7. The van der Waals surface area contributed by atoms with Crippen LogP contribution in [-0.4, -0.2) is 38.1 Å². The molecular weight excluding hydrogens is 362 g/mol. The van der Waals surface area contributed by atoms with Gasteiger partial charge in [-0.15, -0.1) is 0 Å². The highest BCUT2D eigenvalue weighted by molar-refractivity contribution is 7.89. The summed E-state index contributed by atoms with van der Waals surface area (Å²) in [5.74, 6) is -1.31. The number of aromatic nitrogens is 1. The monoisotopic (exact) mass is 381 g/mol. The lowest BCUT2D eigenvalue weighted by atomic mass is 10.3. The number of benzene rings is 1. The SMILES string of the molecule is Cc1noc(C)c1S(=O)(=O)NCC(=O)O[C@@H](C)C(=O)Nc1ccccc1. The largest absolute Gasteiger partial charge is 0.452 e. The molecule has 2 N–H and O–H groups in total. The Morgan fingerprint density at radius 3 is 2.46 bits per heavy atom. The van der Waals surface area contributed by atoms with Gasteiger partial charge in [-0.2, -0.15) is 4.72 Å². The second-order valence-corrected chi connectivity index (χ2v) is 7.17. The van der Waals surface area contributed by atoms with Crippen LogP contribution in [-0.2, 0) is 24.3 Å². The standard InChI is InChI=1S/C16H19N3O6S/c1-10-15(11(2)25-19-10)26(22,23)17-9-14(20)24-12(3)16(21)18-13-7-5-4-6-8-13/h4-8,12,17H,9H2,1-3H3,(H,18,21)/t12-/m0/s1. The lowest BCUT2D eigenvalue weighted by Crippen LogP contribution is -2.36. The number of nitrogens with zero attached hydrogens (tertiary/aromatic N) is 1. The molecule has 0 fully saturated rings. The number of carbonyl (C=O) groups is 2. The first-order chi connectivity index (χ1) is 12.2. The van der Waals surface area contributed by atoms with Gasteiger partial charge < -0.3 is 14.6 Å². The minimum Gasteiger partial charge on any atom is -0.452 e. The highest BCUT2D eigenvalue weighted by atomic mass is 32.2. The Balaban J connectivity index is 1.89. The minimum absolute atomic E-state index is 0.110. The Labute approximate surface area is 150 Å². The second kappa shape index (κ2) is 8.11. The molecular formula is C16H19N3O6S. The van der Waals surface area contributed by atoms with Crippen molar-refractivity contribution in [2.75, 3.05) is 11.9 Å². The molecule has 0 spiro atoms. The molecule has 0 bridgehead atoms. The van der Waals surface area contributed by atoms with Gasteiger partial charge in [0.25, 0.3) is 5.91 Å². The van der Waals surface area contributed by atoms with Crippen LogP contribution in [0.2, 0.25) is 0 Å². The Hall–Kier alpha value is -2.72. The van der Waals surface area contributed by atoms with Crippen molar-refractivity contribution in [3.05, 3.63) is 41.8 Å². The lowest BCUT2D eigenvalue weighted by Gasteiger charge is -2.14. The number of amides is 1. The van der Waals surface area contributed by atoms with Crippen molar-refractivity contribution in [1.29, 1.82) is 0 Å². The molecule has 0 aliphatic heterocycles. The van der Waals surface area contributed by atoms with Crippen molar-refractivity contribution in [2.45, 2.75) is 31.8 Å². The average Bonchev–Trinajstić information content (AvgIpc) is 2.93. The van der Waals surface area contributed by atoms with Crippen LogP contribution in [0.5, 0.6) is 0 Å². The van der Waals surface area contributed by atoms with Gasteiger partial charge in [0.1, 0.15) is 17.1 Å². The number of para-hydroxylation sites is 1. The summed E-state index contributed by atoms with van der Waals surface area (Å²) in [7, 11) is -3.99. The van der Waals surface area contributed by atoms with Crippen molar-refractivity contribution in [1.82, 2.24) is 9.88 Å². The fourth-order valence-electron chi connectivity index (χ4n) is 2.14. The van der Waals surface area contributed by atoms with Gasteiger partial charge in [0.2, 0.25) is 10.0 Å². The van der Waals surface area contributed by atoms with Crippen molar-refractivity contribution >= 4 is 27.6 Å². The summed E-state index contributed by atoms with van der Waals surface area (Å²) in [6.45, 7) is 3.68. The van der Waals surface area contributed by atoms with E-state index in [-0.39, 0.29) is 16.3 Å². The summed E-state index contributed by atoms with van der Waals surface area (Å²) in [6.07, 6.45) is -1.09. The van der Waals surface area contributed by atoms with E-state index in [4.69, 9.17) is 9.26 Å². The van der Waals surface area contributed by atoms with E-state index in [1.54, 1.807) is 30.3 Å².